The van der Waals surface area contributed by atoms with Gasteiger partial charge in [0.15, 0.2) is 0 Å². The van der Waals surface area contributed by atoms with E-state index in [0.717, 1.165) is 55.8 Å². The molecule has 31 heavy (non-hydrogen) atoms. The molecule has 1 fully saturated rings. The molecule has 8 nitrogen and oxygen atoms in total. The highest BCUT2D eigenvalue weighted by atomic mass is 32.2. The van der Waals surface area contributed by atoms with Gasteiger partial charge in [0.25, 0.3) is 0 Å². The molecule has 1 aromatic carbocycles. The van der Waals surface area contributed by atoms with Gasteiger partial charge < -0.3 is 14.5 Å². The number of benzene rings is 1. The minimum atomic E-state index is -3.67. The lowest BCUT2D eigenvalue weighted by molar-refractivity contribution is 0.244. The maximum Gasteiger partial charge on any atom is 0.243 e. The van der Waals surface area contributed by atoms with E-state index in [9.17, 15) is 8.42 Å². The maximum absolute atomic E-state index is 13.5. The Balaban J connectivity index is 1.74. The fraction of sp³-hybridized carbons (Fsp3) is 0.545. The predicted octanol–water partition coefficient (Wildman–Crippen LogP) is 2.46. The molecule has 0 saturated carbocycles. The molecule has 4 rings (SSSR count). The molecule has 0 N–H and O–H groups in total. The summed E-state index contributed by atoms with van der Waals surface area (Å²) in [6.45, 7) is 2.22. The number of piperidine rings is 1. The number of rotatable bonds is 5. The molecule has 1 atom stereocenters. The molecule has 2 aromatic rings. The summed E-state index contributed by atoms with van der Waals surface area (Å²) >= 11 is 0. The van der Waals surface area contributed by atoms with Gasteiger partial charge in [-0.3, -0.25) is 0 Å². The molecular weight excluding hydrogens is 414 g/mol. The van der Waals surface area contributed by atoms with Gasteiger partial charge in [-0.15, -0.1) is 0 Å². The van der Waals surface area contributed by atoms with Crippen molar-refractivity contribution < 1.29 is 13.2 Å². The molecule has 1 saturated heterocycles. The third-order valence-corrected chi connectivity index (χ3v) is 8.01. The molecule has 168 valence electrons. The van der Waals surface area contributed by atoms with E-state index in [1.54, 1.807) is 35.7 Å². The minimum Gasteiger partial charge on any atom is -0.497 e. The maximum atomic E-state index is 13.5. The fourth-order valence-corrected chi connectivity index (χ4v) is 6.06. The van der Waals surface area contributed by atoms with Gasteiger partial charge in [0, 0.05) is 45.7 Å². The van der Waals surface area contributed by atoms with Crippen LogP contribution >= 0.6 is 0 Å². The third-order valence-electron chi connectivity index (χ3n) is 6.09. The molecule has 0 spiro atoms. The standard InChI is InChI=1S/C22H31N5O3S/c1-25(2)22-18-15-26(3)14-12-19(18)23-21(24-22)20-7-5-6-13-27(20)31(28,29)17-10-8-16(30-4)9-11-17/h8-11,20H,5-7,12-15H2,1-4H3. The summed E-state index contributed by atoms with van der Waals surface area (Å²) < 4.78 is 33.8. The second-order valence-corrected chi connectivity index (χ2v) is 10.4. The lowest BCUT2D eigenvalue weighted by Gasteiger charge is -2.35. The van der Waals surface area contributed by atoms with Crippen molar-refractivity contribution in [2.24, 2.45) is 0 Å². The van der Waals surface area contributed by atoms with Crippen molar-refractivity contribution in [1.29, 1.82) is 0 Å². The van der Waals surface area contributed by atoms with Crippen molar-refractivity contribution >= 4 is 15.8 Å². The van der Waals surface area contributed by atoms with Crippen molar-refractivity contribution in [2.45, 2.75) is 43.2 Å². The van der Waals surface area contributed by atoms with E-state index < -0.39 is 10.0 Å². The first-order chi connectivity index (χ1) is 14.8. The molecule has 0 radical (unpaired) electrons. The Labute approximate surface area is 184 Å². The SMILES string of the molecule is COc1ccc(S(=O)(=O)N2CCCCC2c2nc3c(c(N(C)C)n2)CN(C)CC3)cc1. The Hall–Kier alpha value is -2.23. The molecule has 1 unspecified atom stereocenters. The van der Waals surface area contributed by atoms with Crippen molar-refractivity contribution in [3.05, 3.63) is 41.3 Å². The monoisotopic (exact) mass is 445 g/mol. The topological polar surface area (TPSA) is 78.9 Å². The van der Waals surface area contributed by atoms with E-state index in [4.69, 9.17) is 14.7 Å². The molecule has 2 aliphatic heterocycles. The van der Waals surface area contributed by atoms with Crippen LogP contribution in [0.4, 0.5) is 5.82 Å². The number of hydrogen-bond donors (Lipinski definition) is 0. The number of hydrogen-bond acceptors (Lipinski definition) is 7. The van der Waals surface area contributed by atoms with Crippen LogP contribution in [0, 0.1) is 0 Å². The van der Waals surface area contributed by atoms with Crippen LogP contribution in [0.2, 0.25) is 0 Å². The van der Waals surface area contributed by atoms with Crippen LogP contribution in [0.5, 0.6) is 5.75 Å². The summed E-state index contributed by atoms with van der Waals surface area (Å²) in [6, 6.07) is 6.22. The minimum absolute atomic E-state index is 0.271. The Bertz CT molecular complexity index is 1040. The highest BCUT2D eigenvalue weighted by Crippen LogP contribution is 2.36. The number of methoxy groups -OCH3 is 1. The van der Waals surface area contributed by atoms with E-state index in [1.165, 1.54) is 0 Å². The number of sulfonamides is 1. The Morgan fingerprint density at radius 1 is 1.10 bits per heavy atom. The molecule has 2 aliphatic rings. The van der Waals surface area contributed by atoms with Gasteiger partial charge in [-0.2, -0.15) is 4.31 Å². The average molecular weight is 446 g/mol. The smallest absolute Gasteiger partial charge is 0.243 e. The molecule has 1 aromatic heterocycles. The van der Waals surface area contributed by atoms with Crippen LogP contribution in [-0.4, -0.2) is 68.9 Å². The molecular formula is C22H31N5O3S. The number of anilines is 1. The molecule has 3 heterocycles. The van der Waals surface area contributed by atoms with Crippen LogP contribution in [0.1, 0.15) is 42.4 Å². The summed E-state index contributed by atoms with van der Waals surface area (Å²) in [7, 11) is 3.95. The van der Waals surface area contributed by atoms with Crippen molar-refractivity contribution in [2.75, 3.05) is 46.2 Å². The van der Waals surface area contributed by atoms with E-state index in [2.05, 4.69) is 11.9 Å². The van der Waals surface area contributed by atoms with E-state index in [0.29, 0.717) is 18.1 Å². The van der Waals surface area contributed by atoms with Gasteiger partial charge in [-0.25, -0.2) is 18.4 Å². The zero-order chi connectivity index (χ0) is 22.2. The summed E-state index contributed by atoms with van der Waals surface area (Å²) in [5.41, 5.74) is 2.18. The third kappa shape index (κ3) is 4.26. The highest BCUT2D eigenvalue weighted by Gasteiger charge is 2.37. The lowest BCUT2D eigenvalue weighted by atomic mass is 10.0. The summed E-state index contributed by atoms with van der Waals surface area (Å²) in [6.07, 6.45) is 3.36. The first kappa shape index (κ1) is 22.0. The van der Waals surface area contributed by atoms with Crippen LogP contribution in [-0.2, 0) is 23.0 Å². The second kappa shape index (κ2) is 8.72. The van der Waals surface area contributed by atoms with Crippen molar-refractivity contribution in [3.8, 4) is 5.75 Å². The zero-order valence-electron chi connectivity index (χ0n) is 18.7. The van der Waals surface area contributed by atoms with Gasteiger partial charge in [0.05, 0.1) is 23.7 Å². The average Bonchev–Trinajstić information content (AvgIpc) is 2.78. The lowest BCUT2D eigenvalue weighted by Crippen LogP contribution is -2.40. The summed E-state index contributed by atoms with van der Waals surface area (Å²) in [5.74, 6) is 2.13. The Morgan fingerprint density at radius 3 is 2.52 bits per heavy atom. The molecule has 0 bridgehead atoms. The van der Waals surface area contributed by atoms with Crippen molar-refractivity contribution in [1.82, 2.24) is 19.2 Å². The predicted molar refractivity (Wildman–Crippen MR) is 120 cm³/mol. The molecule has 0 aliphatic carbocycles. The van der Waals surface area contributed by atoms with Gasteiger partial charge in [-0.05, 0) is 44.2 Å². The molecule has 0 amide bonds. The van der Waals surface area contributed by atoms with Gasteiger partial charge in [-0.1, -0.05) is 6.42 Å². The number of likely N-dealkylation sites (N-methyl/N-ethyl adjacent to an activating group) is 1. The first-order valence-electron chi connectivity index (χ1n) is 10.7. The highest BCUT2D eigenvalue weighted by molar-refractivity contribution is 7.89. The normalized spacial score (nSPS) is 20.3. The van der Waals surface area contributed by atoms with Gasteiger partial charge in [0.1, 0.15) is 17.4 Å². The number of nitrogens with zero attached hydrogens (tertiary/aromatic N) is 5. The fourth-order valence-electron chi connectivity index (χ4n) is 4.40. The van der Waals surface area contributed by atoms with Crippen LogP contribution in [0.15, 0.2) is 29.2 Å². The van der Waals surface area contributed by atoms with Gasteiger partial charge >= 0.3 is 0 Å². The Kier molecular flexibility index (Phi) is 6.18. The Morgan fingerprint density at radius 2 is 1.84 bits per heavy atom. The number of aromatic nitrogens is 2. The van der Waals surface area contributed by atoms with Crippen LogP contribution in [0.25, 0.3) is 0 Å². The van der Waals surface area contributed by atoms with Gasteiger partial charge in [0.2, 0.25) is 10.0 Å². The largest absolute Gasteiger partial charge is 0.497 e. The summed E-state index contributed by atoms with van der Waals surface area (Å²) in [4.78, 5) is 14.3. The van der Waals surface area contributed by atoms with Crippen LogP contribution in [0.3, 0.4) is 0 Å². The molecule has 9 heteroatoms. The summed E-state index contributed by atoms with van der Waals surface area (Å²) in [5, 5.41) is 0. The first-order valence-corrected chi connectivity index (χ1v) is 12.2. The van der Waals surface area contributed by atoms with E-state index in [1.807, 2.05) is 19.0 Å². The second-order valence-electron chi connectivity index (χ2n) is 8.52. The quantitative estimate of drug-likeness (QED) is 0.699. The zero-order valence-corrected chi connectivity index (χ0v) is 19.5. The number of fused-ring (bicyclic) bond motifs is 1. The van der Waals surface area contributed by atoms with Crippen molar-refractivity contribution in [3.63, 3.8) is 0 Å². The van der Waals surface area contributed by atoms with Crippen LogP contribution < -0.4 is 9.64 Å². The van der Waals surface area contributed by atoms with E-state index in [-0.39, 0.29) is 10.9 Å². The van der Waals surface area contributed by atoms with E-state index >= 15 is 0 Å². The number of ether oxygens (including phenoxy) is 1.